The first kappa shape index (κ1) is 32.6. The molecule has 0 saturated carbocycles. The fourth-order valence-corrected chi connectivity index (χ4v) is 6.92. The molecule has 0 spiro atoms. The summed E-state index contributed by atoms with van der Waals surface area (Å²) >= 11 is 0. The van der Waals surface area contributed by atoms with Gasteiger partial charge in [0.05, 0.1) is 28.5 Å². The monoisotopic (exact) mass is 615 g/mol. The first-order chi connectivity index (χ1) is 19.2. The third kappa shape index (κ3) is 9.04. The molecule has 1 saturated heterocycles. The maximum absolute atomic E-state index is 13.7. The molecule has 1 heterocycles. The van der Waals surface area contributed by atoms with Crippen LogP contribution in [-0.4, -0.2) is 88.0 Å². The molecule has 2 aromatic rings. The van der Waals surface area contributed by atoms with Gasteiger partial charge in [0.15, 0.2) is 0 Å². The average Bonchev–Trinajstić information content (AvgIpc) is 3.41. The Balaban J connectivity index is 2.10. The summed E-state index contributed by atoms with van der Waals surface area (Å²) in [5.41, 5.74) is 0.316. The van der Waals surface area contributed by atoms with Crippen LogP contribution >= 0.6 is 7.82 Å². The van der Waals surface area contributed by atoms with E-state index in [9.17, 15) is 42.8 Å². The van der Waals surface area contributed by atoms with E-state index in [-0.39, 0.29) is 42.7 Å². The number of ether oxygens (including phenoxy) is 1. The molecule has 1 aliphatic rings. The number of rotatable bonds is 14. The number of carboxylic acid groups (broad SMARTS) is 1. The Morgan fingerprint density at radius 3 is 2.27 bits per heavy atom. The number of nitro benzene ring substituents is 1. The highest BCUT2D eigenvalue weighted by molar-refractivity contribution is 7.89. The number of phosphoric ester groups is 1. The second-order valence-corrected chi connectivity index (χ2v) is 13.2. The second kappa shape index (κ2) is 13.8. The van der Waals surface area contributed by atoms with Crippen molar-refractivity contribution in [3.63, 3.8) is 0 Å². The topological polar surface area (TPSA) is 197 Å². The predicted molar refractivity (Wildman–Crippen MR) is 147 cm³/mol. The number of amides is 1. The number of hydrogen-bond acceptors (Lipinski definition) is 8. The SMILES string of the molecule is CC(C)CN(C[C@H](OP(=O)(O)O)[C@H](Cc1ccccc1)N(C(=O)O)[C@H]1CCOC1)S(=O)(=O)c1ccc([N+](=O)[O-])cc1. The zero-order valence-electron chi connectivity index (χ0n) is 22.6. The molecule has 0 aromatic heterocycles. The molecule has 3 atom stereocenters. The first-order valence-corrected chi connectivity index (χ1v) is 15.8. The van der Waals surface area contributed by atoms with E-state index in [1.54, 1.807) is 44.2 Å². The number of carbonyl (C=O) groups is 1. The molecule has 0 bridgehead atoms. The Hall–Kier alpha value is -2.91. The highest BCUT2D eigenvalue weighted by Crippen LogP contribution is 2.40. The fourth-order valence-electron chi connectivity index (χ4n) is 4.74. The second-order valence-electron chi connectivity index (χ2n) is 10.1. The van der Waals surface area contributed by atoms with Gasteiger partial charge in [-0.15, -0.1) is 0 Å². The van der Waals surface area contributed by atoms with Crippen LogP contribution < -0.4 is 0 Å². The smallest absolute Gasteiger partial charge is 0.465 e. The van der Waals surface area contributed by atoms with Crippen LogP contribution in [0.25, 0.3) is 0 Å². The third-order valence-corrected chi connectivity index (χ3v) is 8.90. The Bertz CT molecular complexity index is 1330. The Labute approximate surface area is 237 Å². The summed E-state index contributed by atoms with van der Waals surface area (Å²) < 4.78 is 51.2. The Morgan fingerprint density at radius 2 is 1.78 bits per heavy atom. The lowest BCUT2D eigenvalue weighted by Crippen LogP contribution is -2.56. The molecule has 0 aliphatic carbocycles. The van der Waals surface area contributed by atoms with E-state index < -0.39 is 53.6 Å². The Morgan fingerprint density at radius 1 is 1.15 bits per heavy atom. The fraction of sp³-hybridized carbons (Fsp3) is 0.480. The molecule has 0 unspecified atom stereocenters. The van der Waals surface area contributed by atoms with E-state index in [0.717, 1.165) is 33.5 Å². The van der Waals surface area contributed by atoms with Crippen LogP contribution in [0.1, 0.15) is 25.8 Å². The maximum atomic E-state index is 13.7. The van der Waals surface area contributed by atoms with Gasteiger partial charge in [-0.1, -0.05) is 44.2 Å². The number of hydrogen-bond donors (Lipinski definition) is 3. The van der Waals surface area contributed by atoms with Crippen molar-refractivity contribution in [2.75, 3.05) is 26.3 Å². The molecule has 1 aliphatic heterocycles. The normalized spacial score (nSPS) is 17.5. The Kier molecular flexibility index (Phi) is 11.0. The minimum absolute atomic E-state index is 0.0403. The summed E-state index contributed by atoms with van der Waals surface area (Å²) in [5.74, 6) is -0.259. The van der Waals surface area contributed by atoms with E-state index in [1.807, 2.05) is 0 Å². The van der Waals surface area contributed by atoms with Gasteiger partial charge in [0, 0.05) is 31.8 Å². The highest BCUT2D eigenvalue weighted by Gasteiger charge is 2.42. The van der Waals surface area contributed by atoms with Gasteiger partial charge in [-0.05, 0) is 36.5 Å². The van der Waals surface area contributed by atoms with E-state index in [1.165, 1.54) is 0 Å². The van der Waals surface area contributed by atoms with Crippen molar-refractivity contribution in [1.29, 1.82) is 0 Å². The number of benzene rings is 2. The van der Waals surface area contributed by atoms with Crippen LogP contribution in [-0.2, 0) is 30.3 Å². The van der Waals surface area contributed by atoms with Gasteiger partial charge in [0.1, 0.15) is 6.10 Å². The molecule has 3 N–H and O–H groups in total. The molecular formula is C25H34N3O11PS. The summed E-state index contributed by atoms with van der Waals surface area (Å²) in [4.78, 5) is 43.4. The minimum Gasteiger partial charge on any atom is -0.465 e. The van der Waals surface area contributed by atoms with E-state index in [0.29, 0.717) is 12.0 Å². The van der Waals surface area contributed by atoms with E-state index in [4.69, 9.17) is 9.26 Å². The minimum atomic E-state index is -5.26. The van der Waals surface area contributed by atoms with Crippen LogP contribution in [0.4, 0.5) is 10.5 Å². The molecule has 1 amide bonds. The standard InChI is InChI=1S/C25H34N3O11PS/c1-18(2)15-26(41(36,37)22-10-8-20(9-11-22)28(31)32)16-24(39-40(33,34)35)23(14-19-6-4-3-5-7-19)27(25(29)30)21-12-13-38-17-21/h3-11,18,21,23-24H,12-17H2,1-2H3,(H,29,30)(H2,33,34,35)/t21-,23-,24-/m0/s1. The lowest BCUT2D eigenvalue weighted by molar-refractivity contribution is -0.384. The number of sulfonamides is 1. The van der Waals surface area contributed by atoms with Gasteiger partial charge in [0.2, 0.25) is 10.0 Å². The number of phosphoric acid groups is 1. The van der Waals surface area contributed by atoms with Crippen LogP contribution in [0.15, 0.2) is 59.5 Å². The molecule has 16 heteroatoms. The van der Waals surface area contributed by atoms with Crippen LogP contribution in [0.3, 0.4) is 0 Å². The molecule has 226 valence electrons. The number of non-ortho nitro benzene ring substituents is 1. The molecule has 41 heavy (non-hydrogen) atoms. The van der Waals surface area contributed by atoms with Gasteiger partial charge < -0.3 is 19.6 Å². The van der Waals surface area contributed by atoms with Crippen LogP contribution in [0.2, 0.25) is 0 Å². The summed E-state index contributed by atoms with van der Waals surface area (Å²) in [6.45, 7) is 3.08. The lowest BCUT2D eigenvalue weighted by atomic mass is 9.97. The summed E-state index contributed by atoms with van der Waals surface area (Å²) in [7, 11) is -9.63. The van der Waals surface area contributed by atoms with Gasteiger partial charge in [-0.25, -0.2) is 17.8 Å². The average molecular weight is 616 g/mol. The van der Waals surface area contributed by atoms with Gasteiger partial charge in [-0.2, -0.15) is 4.31 Å². The van der Waals surface area contributed by atoms with Crippen molar-refractivity contribution in [2.45, 2.75) is 49.8 Å². The quantitative estimate of drug-likeness (QED) is 0.160. The lowest BCUT2D eigenvalue weighted by Gasteiger charge is -2.40. The van der Waals surface area contributed by atoms with Gasteiger partial charge >= 0.3 is 13.9 Å². The number of nitrogens with zero attached hydrogens (tertiary/aromatic N) is 3. The van der Waals surface area contributed by atoms with Crippen LogP contribution in [0.5, 0.6) is 0 Å². The van der Waals surface area contributed by atoms with Crippen molar-refractivity contribution >= 4 is 29.6 Å². The van der Waals surface area contributed by atoms with E-state index >= 15 is 0 Å². The van der Waals surface area contributed by atoms with Gasteiger partial charge in [0.25, 0.3) is 5.69 Å². The molecule has 3 rings (SSSR count). The van der Waals surface area contributed by atoms with Gasteiger partial charge in [-0.3, -0.25) is 19.5 Å². The van der Waals surface area contributed by atoms with Crippen molar-refractivity contribution < 1.29 is 46.9 Å². The molecule has 2 aromatic carbocycles. The highest BCUT2D eigenvalue weighted by atomic mass is 32.2. The van der Waals surface area contributed by atoms with Crippen molar-refractivity contribution in [3.05, 3.63) is 70.3 Å². The van der Waals surface area contributed by atoms with E-state index in [2.05, 4.69) is 0 Å². The summed E-state index contributed by atoms with van der Waals surface area (Å²) in [6, 6.07) is 11.0. The molecular weight excluding hydrogens is 581 g/mol. The van der Waals surface area contributed by atoms with Crippen molar-refractivity contribution in [1.82, 2.24) is 9.21 Å². The summed E-state index contributed by atoms with van der Waals surface area (Å²) in [5, 5.41) is 21.3. The largest absolute Gasteiger partial charge is 0.469 e. The zero-order chi connectivity index (χ0) is 30.4. The molecule has 14 nitrogen and oxygen atoms in total. The zero-order valence-corrected chi connectivity index (χ0v) is 24.3. The number of nitro groups is 1. The first-order valence-electron chi connectivity index (χ1n) is 12.8. The molecule has 0 radical (unpaired) electrons. The van der Waals surface area contributed by atoms with Crippen LogP contribution in [0, 0.1) is 16.0 Å². The molecule has 1 fully saturated rings. The predicted octanol–water partition coefficient (Wildman–Crippen LogP) is 3.10. The third-order valence-electron chi connectivity index (χ3n) is 6.50. The van der Waals surface area contributed by atoms with Crippen molar-refractivity contribution in [2.24, 2.45) is 5.92 Å². The van der Waals surface area contributed by atoms with Crippen molar-refractivity contribution in [3.8, 4) is 0 Å². The maximum Gasteiger partial charge on any atom is 0.469 e. The summed E-state index contributed by atoms with van der Waals surface area (Å²) in [6.07, 6.45) is -2.70.